The van der Waals surface area contributed by atoms with Gasteiger partial charge in [0, 0.05) is 43.4 Å². The topological polar surface area (TPSA) is 177 Å². The third-order valence-electron chi connectivity index (χ3n) is 7.82. The number of ketones is 2. The van der Waals surface area contributed by atoms with Crippen LogP contribution in [0.1, 0.15) is 30.0 Å². The van der Waals surface area contributed by atoms with Crippen molar-refractivity contribution in [2.24, 2.45) is 17.6 Å². The average Bonchev–Trinajstić information content (AvgIpc) is 2.80. The van der Waals surface area contributed by atoms with Crippen LogP contribution in [0.15, 0.2) is 23.0 Å². The number of hydrogen-bond donors (Lipinski definition) is 6. The molecule has 4 atom stereocenters. The number of nitrogens with two attached hydrogens (primary N) is 1. The molecule has 0 spiro atoms. The number of carbonyl (C=O) groups excluding carboxylic acids is 3. The number of fused-ring (bicyclic) bond motifs is 3. The minimum absolute atomic E-state index is 0.0541. The van der Waals surface area contributed by atoms with E-state index in [9.17, 15) is 34.8 Å². The number of nitrogens with one attached hydrogen (secondary N) is 1. The van der Waals surface area contributed by atoms with Crippen molar-refractivity contribution in [1.82, 2.24) is 10.2 Å². The number of aliphatic hydroxyl groups excluding tert-OH is 2. The molecular formula is C26H34N4O7. The van der Waals surface area contributed by atoms with Gasteiger partial charge >= 0.3 is 0 Å². The number of primary amides is 1. The van der Waals surface area contributed by atoms with Crippen LogP contribution in [0.3, 0.4) is 0 Å². The Labute approximate surface area is 214 Å². The van der Waals surface area contributed by atoms with Crippen molar-refractivity contribution >= 4 is 28.9 Å². The number of amides is 1. The predicted octanol–water partition coefficient (Wildman–Crippen LogP) is 0.140. The number of phenolic OH excluding ortho intramolecular Hbond substituents is 1. The summed E-state index contributed by atoms with van der Waals surface area (Å²) in [5.41, 5.74) is 3.72. The molecular weight excluding hydrogens is 480 g/mol. The van der Waals surface area contributed by atoms with Gasteiger partial charge in [-0.3, -0.25) is 19.3 Å². The molecule has 11 nitrogen and oxygen atoms in total. The molecule has 0 aliphatic heterocycles. The highest BCUT2D eigenvalue weighted by Gasteiger charge is 2.64. The van der Waals surface area contributed by atoms with Crippen LogP contribution in [0, 0.1) is 11.8 Å². The van der Waals surface area contributed by atoms with Crippen molar-refractivity contribution in [1.29, 1.82) is 0 Å². The van der Waals surface area contributed by atoms with Crippen molar-refractivity contribution in [3.63, 3.8) is 0 Å². The number of aromatic hydroxyl groups is 1. The van der Waals surface area contributed by atoms with Crippen LogP contribution in [0.2, 0.25) is 0 Å². The average molecular weight is 515 g/mol. The molecule has 0 radical (unpaired) electrons. The van der Waals surface area contributed by atoms with Crippen LogP contribution in [-0.2, 0) is 27.3 Å². The molecule has 1 saturated carbocycles. The number of phenols is 1. The van der Waals surface area contributed by atoms with Gasteiger partial charge in [-0.1, -0.05) is 6.92 Å². The highest BCUT2D eigenvalue weighted by Crippen LogP contribution is 2.54. The first-order chi connectivity index (χ1) is 17.3. The molecule has 3 aliphatic carbocycles. The molecule has 4 rings (SSSR count). The standard InChI is InChI=1S/C26H34N4O7/c1-6-28-10-12-9-15(29(2)3)13-7-11-8-14-19(30(4)5)22(33)18(25(27)36)24(35)26(14,37)23(34)16(11)21(32)17(13)20(12)31/h9,11,14,19,28,31-32,35,37H,6-8,10H2,1-5H3,(H2,27,36)/t11-,14-,19-,26-/m0/s1. The van der Waals surface area contributed by atoms with Gasteiger partial charge in [0.05, 0.1) is 11.6 Å². The third-order valence-corrected chi connectivity index (χ3v) is 7.82. The first-order valence-electron chi connectivity index (χ1n) is 12.2. The van der Waals surface area contributed by atoms with Crippen molar-refractivity contribution in [2.75, 3.05) is 39.6 Å². The predicted molar refractivity (Wildman–Crippen MR) is 136 cm³/mol. The molecule has 0 heterocycles. The van der Waals surface area contributed by atoms with E-state index in [1.807, 2.05) is 32.0 Å². The Balaban J connectivity index is 1.98. The number of benzene rings is 1. The van der Waals surface area contributed by atoms with Gasteiger partial charge in [0.25, 0.3) is 5.91 Å². The van der Waals surface area contributed by atoms with Gasteiger partial charge in [0.15, 0.2) is 11.4 Å². The fraction of sp³-hybridized carbons (Fsp3) is 0.500. The molecule has 1 amide bonds. The minimum Gasteiger partial charge on any atom is -0.508 e. The normalized spacial score (nSPS) is 27.3. The van der Waals surface area contributed by atoms with Crippen molar-refractivity contribution in [3.8, 4) is 5.75 Å². The zero-order valence-corrected chi connectivity index (χ0v) is 21.6. The molecule has 11 heteroatoms. The molecule has 3 aliphatic rings. The lowest BCUT2D eigenvalue weighted by Crippen LogP contribution is -2.65. The van der Waals surface area contributed by atoms with Gasteiger partial charge in [-0.2, -0.15) is 0 Å². The molecule has 200 valence electrons. The van der Waals surface area contributed by atoms with E-state index in [-0.39, 0.29) is 29.7 Å². The molecule has 1 aromatic carbocycles. The van der Waals surface area contributed by atoms with Gasteiger partial charge in [-0.25, -0.2) is 0 Å². The maximum atomic E-state index is 13.9. The van der Waals surface area contributed by atoms with Crippen LogP contribution in [0.25, 0.3) is 5.76 Å². The summed E-state index contributed by atoms with van der Waals surface area (Å²) in [5.74, 6) is -6.53. The molecule has 1 fully saturated rings. The lowest BCUT2D eigenvalue weighted by atomic mass is 9.57. The molecule has 37 heavy (non-hydrogen) atoms. The van der Waals surface area contributed by atoms with Gasteiger partial charge in [0.2, 0.25) is 5.78 Å². The fourth-order valence-corrected chi connectivity index (χ4v) is 6.14. The second kappa shape index (κ2) is 9.16. The molecule has 0 bridgehead atoms. The van der Waals surface area contributed by atoms with Crippen LogP contribution < -0.4 is 16.0 Å². The van der Waals surface area contributed by atoms with Crippen molar-refractivity contribution < 1.29 is 34.8 Å². The molecule has 7 N–H and O–H groups in total. The summed E-state index contributed by atoms with van der Waals surface area (Å²) >= 11 is 0. The first-order valence-corrected chi connectivity index (χ1v) is 12.2. The van der Waals surface area contributed by atoms with Crippen molar-refractivity contribution in [3.05, 3.63) is 39.7 Å². The van der Waals surface area contributed by atoms with E-state index in [0.29, 0.717) is 24.2 Å². The Bertz CT molecular complexity index is 1270. The van der Waals surface area contributed by atoms with E-state index in [4.69, 9.17) is 5.73 Å². The summed E-state index contributed by atoms with van der Waals surface area (Å²) in [6.07, 6.45) is 0.301. The summed E-state index contributed by atoms with van der Waals surface area (Å²) < 4.78 is 0. The SMILES string of the molecule is CCNCc1cc(N(C)C)c2c(c1O)C(O)=C1C(=O)[C@]3(O)C(O)=C(C(N)=O)C(=O)[C@@H](N(C)C)[C@@H]3C[C@@H]1C2. The maximum absolute atomic E-state index is 13.9. The van der Waals surface area contributed by atoms with Gasteiger partial charge < -0.3 is 36.4 Å². The van der Waals surface area contributed by atoms with E-state index in [2.05, 4.69) is 5.32 Å². The number of nitrogens with zero attached hydrogens (tertiary/aromatic N) is 2. The van der Waals surface area contributed by atoms with Crippen LogP contribution in [0.5, 0.6) is 5.75 Å². The molecule has 0 saturated heterocycles. The van der Waals surface area contributed by atoms with Crippen LogP contribution in [-0.4, -0.2) is 89.2 Å². The first kappa shape index (κ1) is 26.6. The number of anilines is 1. The summed E-state index contributed by atoms with van der Waals surface area (Å²) in [5, 5.41) is 48.3. The summed E-state index contributed by atoms with van der Waals surface area (Å²) in [7, 11) is 6.81. The maximum Gasteiger partial charge on any atom is 0.255 e. The monoisotopic (exact) mass is 514 g/mol. The Morgan fingerprint density at radius 1 is 1.19 bits per heavy atom. The Morgan fingerprint density at radius 3 is 2.38 bits per heavy atom. The number of rotatable bonds is 6. The van der Waals surface area contributed by atoms with E-state index in [1.165, 1.54) is 4.90 Å². The summed E-state index contributed by atoms with van der Waals surface area (Å²) in [6, 6.07) is 0.720. The second-order valence-electron chi connectivity index (χ2n) is 10.4. The largest absolute Gasteiger partial charge is 0.508 e. The highest BCUT2D eigenvalue weighted by atomic mass is 16.3. The zero-order valence-electron chi connectivity index (χ0n) is 21.6. The lowest BCUT2D eigenvalue weighted by molar-refractivity contribution is -0.153. The van der Waals surface area contributed by atoms with E-state index in [1.54, 1.807) is 14.1 Å². The number of likely N-dealkylation sites (N-methyl/N-ethyl adjacent to an activating group) is 1. The minimum atomic E-state index is -2.65. The van der Waals surface area contributed by atoms with Gasteiger partial charge in [-0.05, 0) is 51.0 Å². The number of aliphatic hydroxyl groups is 3. The number of hydrogen-bond acceptors (Lipinski definition) is 10. The Hall–Kier alpha value is -3.41. The summed E-state index contributed by atoms with van der Waals surface area (Å²) in [4.78, 5) is 42.5. The quantitative estimate of drug-likeness (QED) is 0.286. The summed E-state index contributed by atoms with van der Waals surface area (Å²) in [6.45, 7) is 2.89. The van der Waals surface area contributed by atoms with Gasteiger partial charge in [0.1, 0.15) is 22.8 Å². The van der Waals surface area contributed by atoms with E-state index >= 15 is 0 Å². The molecule has 1 aromatic rings. The molecule has 0 unspecified atom stereocenters. The fourth-order valence-electron chi connectivity index (χ4n) is 6.14. The third kappa shape index (κ3) is 3.72. The van der Waals surface area contributed by atoms with Gasteiger partial charge in [-0.15, -0.1) is 0 Å². The number of carbonyl (C=O) groups is 3. The van der Waals surface area contributed by atoms with E-state index in [0.717, 1.165) is 5.69 Å². The van der Waals surface area contributed by atoms with Crippen LogP contribution >= 0.6 is 0 Å². The Morgan fingerprint density at radius 2 is 1.84 bits per heavy atom. The second-order valence-corrected chi connectivity index (χ2v) is 10.4. The van der Waals surface area contributed by atoms with Crippen molar-refractivity contribution in [2.45, 2.75) is 38.0 Å². The smallest absolute Gasteiger partial charge is 0.255 e. The molecule has 0 aromatic heterocycles. The van der Waals surface area contributed by atoms with E-state index < -0.39 is 58.0 Å². The van der Waals surface area contributed by atoms with Crippen LogP contribution in [0.4, 0.5) is 5.69 Å². The lowest BCUT2D eigenvalue weighted by Gasteiger charge is -2.50. The Kier molecular flexibility index (Phi) is 6.60. The number of Topliss-reactive ketones (excluding diaryl/α,β-unsaturated/α-hetero) is 2. The highest BCUT2D eigenvalue weighted by molar-refractivity contribution is 6.24. The zero-order chi connectivity index (χ0) is 27.6.